The van der Waals surface area contributed by atoms with E-state index in [4.69, 9.17) is 14.2 Å². The summed E-state index contributed by atoms with van der Waals surface area (Å²) in [7, 11) is 0. The number of hydrogen-bond acceptors (Lipinski definition) is 5. The van der Waals surface area contributed by atoms with Crippen molar-refractivity contribution < 1.29 is 23.8 Å². The van der Waals surface area contributed by atoms with Crippen LogP contribution in [0.25, 0.3) is 0 Å². The first-order valence-corrected chi connectivity index (χ1v) is 8.29. The van der Waals surface area contributed by atoms with Gasteiger partial charge in [0, 0.05) is 6.42 Å². The Hall–Kier alpha value is -1.10. The third kappa shape index (κ3) is 3.14. The first-order valence-electron chi connectivity index (χ1n) is 8.29. The topological polar surface area (TPSA) is 61.8 Å². The van der Waals surface area contributed by atoms with E-state index in [1.807, 2.05) is 20.8 Å². The molecule has 2 saturated carbocycles. The van der Waals surface area contributed by atoms with Gasteiger partial charge in [-0.2, -0.15) is 0 Å². The van der Waals surface area contributed by atoms with Gasteiger partial charge in [-0.05, 0) is 52.4 Å². The third-order valence-corrected chi connectivity index (χ3v) is 5.05. The molecule has 4 fully saturated rings. The van der Waals surface area contributed by atoms with E-state index in [9.17, 15) is 9.59 Å². The number of esters is 2. The number of carbonyl (C=O) groups is 2. The largest absolute Gasteiger partial charge is 0.463 e. The molecule has 0 aromatic carbocycles. The molecule has 4 bridgehead atoms. The number of fused-ring (bicyclic) bond motifs is 1. The van der Waals surface area contributed by atoms with E-state index < -0.39 is 5.41 Å². The van der Waals surface area contributed by atoms with Crippen molar-refractivity contribution in [1.82, 2.24) is 0 Å². The third-order valence-electron chi connectivity index (χ3n) is 5.05. The molecule has 4 rings (SSSR count). The van der Waals surface area contributed by atoms with Crippen LogP contribution in [0.2, 0.25) is 0 Å². The summed E-state index contributed by atoms with van der Waals surface area (Å²) in [4.78, 5) is 23.7. The van der Waals surface area contributed by atoms with Gasteiger partial charge < -0.3 is 14.2 Å². The van der Waals surface area contributed by atoms with E-state index in [2.05, 4.69) is 0 Å². The molecule has 2 aliphatic heterocycles. The molecule has 22 heavy (non-hydrogen) atoms. The van der Waals surface area contributed by atoms with Crippen LogP contribution < -0.4 is 0 Å². The Morgan fingerprint density at radius 1 is 1.23 bits per heavy atom. The highest BCUT2D eigenvalue weighted by molar-refractivity contribution is 5.75. The summed E-state index contributed by atoms with van der Waals surface area (Å²) in [5, 5.41) is 0. The maximum absolute atomic E-state index is 12.0. The van der Waals surface area contributed by atoms with E-state index in [1.54, 1.807) is 0 Å². The normalized spacial score (nSPS) is 36.9. The first kappa shape index (κ1) is 15.8. The number of hydrogen-bond donors (Lipinski definition) is 0. The summed E-state index contributed by atoms with van der Waals surface area (Å²) in [6.45, 7) is 6.17. The fourth-order valence-electron chi connectivity index (χ4n) is 4.16. The number of carbonyl (C=O) groups excluding carboxylic acids is 2. The molecule has 0 radical (unpaired) electrons. The van der Waals surface area contributed by atoms with Crippen molar-refractivity contribution in [3.8, 4) is 0 Å². The second-order valence-corrected chi connectivity index (χ2v) is 8.12. The molecule has 5 heteroatoms. The van der Waals surface area contributed by atoms with Crippen LogP contribution in [0.4, 0.5) is 0 Å². The predicted octanol–water partition coefficient (Wildman–Crippen LogP) is 2.47. The van der Waals surface area contributed by atoms with Crippen molar-refractivity contribution in [3.05, 3.63) is 0 Å². The average Bonchev–Trinajstić information content (AvgIpc) is 2.56. The SMILES string of the molecule is CC(C)(C)C(=O)OCCOC12CC3CC(C1)OC(=O)C(C3)C2. The highest BCUT2D eigenvalue weighted by atomic mass is 16.6. The van der Waals surface area contributed by atoms with Crippen molar-refractivity contribution in [2.24, 2.45) is 17.3 Å². The van der Waals surface area contributed by atoms with Gasteiger partial charge in [-0.15, -0.1) is 0 Å². The van der Waals surface area contributed by atoms with Gasteiger partial charge in [-0.25, -0.2) is 0 Å². The molecule has 0 amide bonds. The Bertz CT molecular complexity index is 466. The summed E-state index contributed by atoms with van der Waals surface area (Å²) in [5.41, 5.74) is -0.741. The van der Waals surface area contributed by atoms with Crippen molar-refractivity contribution >= 4 is 11.9 Å². The molecule has 124 valence electrons. The summed E-state index contributed by atoms with van der Waals surface area (Å²) in [6.07, 6.45) is 4.48. The fourth-order valence-corrected chi connectivity index (χ4v) is 4.16. The molecule has 2 saturated heterocycles. The van der Waals surface area contributed by atoms with Crippen LogP contribution in [0.1, 0.15) is 52.9 Å². The molecule has 2 aliphatic carbocycles. The van der Waals surface area contributed by atoms with Gasteiger partial charge in [0.25, 0.3) is 0 Å². The number of ether oxygens (including phenoxy) is 3. The summed E-state index contributed by atoms with van der Waals surface area (Å²) in [6, 6.07) is 0. The van der Waals surface area contributed by atoms with Gasteiger partial charge in [-0.3, -0.25) is 9.59 Å². The van der Waals surface area contributed by atoms with Crippen LogP contribution >= 0.6 is 0 Å². The van der Waals surface area contributed by atoms with Gasteiger partial charge in [0.05, 0.1) is 23.5 Å². The second kappa shape index (κ2) is 5.52. The lowest BCUT2D eigenvalue weighted by atomic mass is 9.65. The maximum Gasteiger partial charge on any atom is 0.311 e. The smallest absolute Gasteiger partial charge is 0.311 e. The van der Waals surface area contributed by atoms with E-state index in [0.29, 0.717) is 12.5 Å². The molecule has 5 nitrogen and oxygen atoms in total. The van der Waals surface area contributed by atoms with Gasteiger partial charge in [0.2, 0.25) is 0 Å². The lowest BCUT2D eigenvalue weighted by molar-refractivity contribution is -0.163. The Morgan fingerprint density at radius 3 is 2.73 bits per heavy atom. The molecule has 4 aliphatic rings. The summed E-state index contributed by atoms with van der Waals surface area (Å²) in [5.74, 6) is 0.263. The molecule has 4 atom stereocenters. The van der Waals surface area contributed by atoms with Crippen LogP contribution in [-0.2, 0) is 23.8 Å². The van der Waals surface area contributed by atoms with Crippen LogP contribution in [0.5, 0.6) is 0 Å². The molecule has 0 aromatic heterocycles. The summed E-state index contributed by atoms with van der Waals surface area (Å²) < 4.78 is 16.9. The maximum atomic E-state index is 12.0. The quantitative estimate of drug-likeness (QED) is 0.589. The standard InChI is InChI=1S/C17H26O5/c1-16(2,3)15(19)20-4-5-21-17-8-11-6-12(9-17)14(18)22-13(7-11)10-17/h11-13H,4-10H2,1-3H3. The molecular formula is C17H26O5. The minimum absolute atomic E-state index is 0.0101. The van der Waals surface area contributed by atoms with E-state index >= 15 is 0 Å². The average molecular weight is 310 g/mol. The lowest BCUT2D eigenvalue weighted by Crippen LogP contribution is -2.47. The zero-order valence-corrected chi connectivity index (χ0v) is 13.7. The first-order chi connectivity index (χ1) is 10.3. The fraction of sp³-hybridized carbons (Fsp3) is 0.882. The Kier molecular flexibility index (Phi) is 3.96. The van der Waals surface area contributed by atoms with Gasteiger partial charge in [-0.1, -0.05) is 0 Å². The molecular weight excluding hydrogens is 284 g/mol. The van der Waals surface area contributed by atoms with Crippen LogP contribution in [0.15, 0.2) is 0 Å². The Morgan fingerprint density at radius 2 is 2.00 bits per heavy atom. The molecule has 2 heterocycles. The monoisotopic (exact) mass is 310 g/mol. The lowest BCUT2D eigenvalue weighted by Gasteiger charge is -2.46. The van der Waals surface area contributed by atoms with Crippen LogP contribution in [0, 0.1) is 17.3 Å². The zero-order valence-electron chi connectivity index (χ0n) is 13.7. The second-order valence-electron chi connectivity index (χ2n) is 8.12. The zero-order chi connectivity index (χ0) is 16.0. The van der Waals surface area contributed by atoms with E-state index in [1.165, 1.54) is 0 Å². The molecule has 0 aromatic rings. The van der Waals surface area contributed by atoms with Gasteiger partial charge in [0.1, 0.15) is 12.7 Å². The van der Waals surface area contributed by atoms with Crippen LogP contribution in [0.3, 0.4) is 0 Å². The van der Waals surface area contributed by atoms with E-state index in [0.717, 1.165) is 32.1 Å². The van der Waals surface area contributed by atoms with Crippen LogP contribution in [-0.4, -0.2) is 36.9 Å². The number of rotatable bonds is 4. The minimum atomic E-state index is -0.488. The van der Waals surface area contributed by atoms with E-state index in [-0.39, 0.29) is 36.2 Å². The van der Waals surface area contributed by atoms with Crippen molar-refractivity contribution in [3.63, 3.8) is 0 Å². The Labute approximate surface area is 131 Å². The van der Waals surface area contributed by atoms with Gasteiger partial charge >= 0.3 is 11.9 Å². The predicted molar refractivity (Wildman–Crippen MR) is 79.0 cm³/mol. The molecule has 0 spiro atoms. The highest BCUT2D eigenvalue weighted by Crippen LogP contribution is 2.51. The molecule has 4 unspecified atom stereocenters. The summed E-state index contributed by atoms with van der Waals surface area (Å²) >= 11 is 0. The van der Waals surface area contributed by atoms with Crippen molar-refractivity contribution in [2.75, 3.05) is 13.2 Å². The van der Waals surface area contributed by atoms with Crippen molar-refractivity contribution in [2.45, 2.75) is 64.6 Å². The minimum Gasteiger partial charge on any atom is -0.463 e. The Balaban J connectivity index is 1.54. The molecule has 0 N–H and O–H groups in total. The highest BCUT2D eigenvalue weighted by Gasteiger charge is 2.53. The van der Waals surface area contributed by atoms with Crippen molar-refractivity contribution in [1.29, 1.82) is 0 Å². The van der Waals surface area contributed by atoms with Gasteiger partial charge in [0.15, 0.2) is 0 Å².